The number of esters is 1. The van der Waals surface area contributed by atoms with Crippen molar-refractivity contribution in [3.63, 3.8) is 0 Å². The van der Waals surface area contributed by atoms with Gasteiger partial charge in [0.2, 0.25) is 0 Å². The van der Waals surface area contributed by atoms with Crippen LogP contribution in [-0.2, 0) is 9.53 Å². The number of nitrogens with two attached hydrogens (primary N) is 1. The molecule has 4 heteroatoms. The minimum absolute atomic E-state index is 0. The Bertz CT molecular complexity index is 380. The lowest BCUT2D eigenvalue weighted by molar-refractivity contribution is -0.140. The maximum absolute atomic E-state index is 10.9. The fraction of sp³-hybridized carbons (Fsp3) is 0.588. The van der Waals surface area contributed by atoms with E-state index in [2.05, 4.69) is 39.8 Å². The molecule has 2 N–H and O–H groups in total. The summed E-state index contributed by atoms with van der Waals surface area (Å²) in [5.41, 5.74) is 9.21. The number of hydrogen-bond acceptors (Lipinski definition) is 3. The van der Waals surface area contributed by atoms with E-state index < -0.39 is 0 Å². The Hall–Kier alpha value is -1.06. The number of rotatable bonds is 9. The summed E-state index contributed by atoms with van der Waals surface area (Å²) < 4.78 is 4.90. The van der Waals surface area contributed by atoms with Gasteiger partial charge in [-0.05, 0) is 59.5 Å². The molecule has 21 heavy (non-hydrogen) atoms. The van der Waals surface area contributed by atoms with E-state index in [4.69, 9.17) is 10.5 Å². The van der Waals surface area contributed by atoms with Gasteiger partial charge >= 0.3 is 5.97 Å². The van der Waals surface area contributed by atoms with Crippen LogP contribution in [0.4, 0.5) is 0 Å². The van der Waals surface area contributed by atoms with E-state index in [-0.39, 0.29) is 24.9 Å². The van der Waals surface area contributed by atoms with Gasteiger partial charge in [0.25, 0.3) is 0 Å². The van der Waals surface area contributed by atoms with Gasteiger partial charge in [0.05, 0.1) is 6.54 Å². The Balaban J connectivity index is 0. The summed E-state index contributed by atoms with van der Waals surface area (Å²) in [5, 5.41) is 0. The van der Waals surface area contributed by atoms with E-state index in [1.807, 2.05) is 6.08 Å². The normalized spacial score (nSPS) is 11.7. The largest absolute Gasteiger partial charge is 0.461 e. The average Bonchev–Trinajstić information content (AvgIpc) is 2.38. The molecule has 0 amide bonds. The molecule has 0 rings (SSSR count). The molecule has 0 aromatic heterocycles. The summed E-state index contributed by atoms with van der Waals surface area (Å²) in [6.07, 6.45) is 10.8. The smallest absolute Gasteiger partial charge is 0.320 e. The van der Waals surface area contributed by atoms with Crippen LogP contribution < -0.4 is 5.73 Å². The first kappa shape index (κ1) is 22.2. The lowest BCUT2D eigenvalue weighted by Crippen LogP contribution is -2.16. The molecule has 0 aliphatic heterocycles. The summed E-state index contributed by atoms with van der Waals surface area (Å²) in [6, 6.07) is 0. The minimum atomic E-state index is -0.357. The Morgan fingerprint density at radius 3 is 2.00 bits per heavy atom. The Labute approximate surface area is 135 Å². The molecule has 0 aliphatic rings. The Morgan fingerprint density at radius 1 is 0.952 bits per heavy atom. The van der Waals surface area contributed by atoms with Crippen molar-refractivity contribution in [1.29, 1.82) is 0 Å². The third-order valence-electron chi connectivity index (χ3n) is 2.97. The van der Waals surface area contributed by atoms with Gasteiger partial charge in [-0.15, -0.1) is 12.4 Å². The molecule has 122 valence electrons. The summed E-state index contributed by atoms with van der Waals surface area (Å²) in [7, 11) is 0. The van der Waals surface area contributed by atoms with Gasteiger partial charge in [0.1, 0.15) is 6.61 Å². The topological polar surface area (TPSA) is 52.3 Å². The molecule has 3 nitrogen and oxygen atoms in total. The summed E-state index contributed by atoms with van der Waals surface area (Å²) in [6.45, 7) is 8.77. The van der Waals surface area contributed by atoms with Gasteiger partial charge in [-0.25, -0.2) is 0 Å². The lowest BCUT2D eigenvalue weighted by atomic mass is 10.1. The molecule has 0 aliphatic carbocycles. The highest BCUT2D eigenvalue weighted by molar-refractivity contribution is 5.85. The maximum Gasteiger partial charge on any atom is 0.320 e. The van der Waals surface area contributed by atoms with E-state index in [1.54, 1.807) is 0 Å². The molecular formula is C17H30ClNO2. The number of hydrogen-bond donors (Lipinski definition) is 1. The van der Waals surface area contributed by atoms with Crippen molar-refractivity contribution in [2.24, 2.45) is 5.73 Å². The molecule has 0 unspecified atom stereocenters. The third-order valence-corrected chi connectivity index (χ3v) is 2.97. The molecular weight excluding hydrogens is 286 g/mol. The highest BCUT2D eigenvalue weighted by Crippen LogP contribution is 2.11. The molecule has 0 saturated carbocycles. The Morgan fingerprint density at radius 2 is 1.48 bits per heavy atom. The second-order valence-electron chi connectivity index (χ2n) is 5.35. The van der Waals surface area contributed by atoms with Crippen LogP contribution in [0.5, 0.6) is 0 Å². The van der Waals surface area contributed by atoms with Crippen LogP contribution >= 0.6 is 12.4 Å². The molecule has 0 heterocycles. The number of allylic oxidation sites excluding steroid dienone is 5. The minimum Gasteiger partial charge on any atom is -0.461 e. The van der Waals surface area contributed by atoms with Crippen molar-refractivity contribution in [2.45, 2.75) is 53.4 Å². The van der Waals surface area contributed by atoms with Crippen LogP contribution in [0.1, 0.15) is 53.4 Å². The summed E-state index contributed by atoms with van der Waals surface area (Å²) >= 11 is 0. The zero-order valence-corrected chi connectivity index (χ0v) is 14.6. The highest BCUT2D eigenvalue weighted by Gasteiger charge is 1.96. The van der Waals surface area contributed by atoms with Gasteiger partial charge in [-0.2, -0.15) is 0 Å². The van der Waals surface area contributed by atoms with Crippen LogP contribution in [0.25, 0.3) is 0 Å². The van der Waals surface area contributed by atoms with Crippen LogP contribution in [0.2, 0.25) is 0 Å². The van der Waals surface area contributed by atoms with Crippen molar-refractivity contribution in [3.8, 4) is 0 Å². The highest BCUT2D eigenvalue weighted by atomic mass is 35.5. The van der Waals surface area contributed by atoms with E-state index in [1.165, 1.54) is 16.7 Å². The fourth-order valence-corrected chi connectivity index (χ4v) is 1.67. The van der Waals surface area contributed by atoms with Gasteiger partial charge < -0.3 is 10.5 Å². The first-order valence-corrected chi connectivity index (χ1v) is 7.26. The number of carbonyl (C=O) groups is 1. The van der Waals surface area contributed by atoms with Crippen molar-refractivity contribution >= 4 is 18.4 Å². The number of halogens is 1. The van der Waals surface area contributed by atoms with E-state index >= 15 is 0 Å². The zero-order valence-electron chi connectivity index (χ0n) is 13.8. The second kappa shape index (κ2) is 13.9. The maximum atomic E-state index is 10.9. The van der Waals surface area contributed by atoms with Crippen LogP contribution in [0.15, 0.2) is 34.9 Å². The van der Waals surface area contributed by atoms with Gasteiger partial charge in [-0.3, -0.25) is 4.79 Å². The molecule has 0 spiro atoms. The molecule has 0 atom stereocenters. The number of carbonyl (C=O) groups excluding carboxylic acids is 1. The SMILES string of the molecule is CC(C)=CCC/C(C)=C/CC/C(C)=C/COC(=O)CN.Cl. The van der Waals surface area contributed by atoms with Crippen molar-refractivity contribution in [2.75, 3.05) is 13.2 Å². The molecule has 0 radical (unpaired) electrons. The van der Waals surface area contributed by atoms with Gasteiger partial charge in [-0.1, -0.05) is 28.9 Å². The quantitative estimate of drug-likeness (QED) is 0.509. The molecule has 0 aromatic rings. The summed E-state index contributed by atoms with van der Waals surface area (Å²) in [5.74, 6) is -0.357. The van der Waals surface area contributed by atoms with E-state index in [9.17, 15) is 4.79 Å². The van der Waals surface area contributed by atoms with Crippen molar-refractivity contribution < 1.29 is 9.53 Å². The predicted molar refractivity (Wildman–Crippen MR) is 92.7 cm³/mol. The summed E-state index contributed by atoms with van der Waals surface area (Å²) in [4.78, 5) is 10.9. The van der Waals surface area contributed by atoms with Gasteiger partial charge in [0, 0.05) is 0 Å². The van der Waals surface area contributed by atoms with Crippen LogP contribution in [-0.4, -0.2) is 19.1 Å². The van der Waals surface area contributed by atoms with Crippen LogP contribution in [0, 0.1) is 0 Å². The molecule has 0 fully saturated rings. The molecule has 0 bridgehead atoms. The lowest BCUT2D eigenvalue weighted by Gasteiger charge is -2.02. The number of ether oxygens (including phenoxy) is 1. The third kappa shape index (κ3) is 15.2. The van der Waals surface area contributed by atoms with Crippen molar-refractivity contribution in [1.82, 2.24) is 0 Å². The second-order valence-corrected chi connectivity index (χ2v) is 5.35. The molecule has 0 aromatic carbocycles. The fourth-order valence-electron chi connectivity index (χ4n) is 1.67. The zero-order chi connectivity index (χ0) is 15.4. The monoisotopic (exact) mass is 315 g/mol. The van der Waals surface area contributed by atoms with E-state index in [0.717, 1.165) is 25.7 Å². The predicted octanol–water partition coefficient (Wildman–Crippen LogP) is 4.33. The standard InChI is InChI=1S/C17H29NO2.ClH/c1-14(2)7-5-8-15(3)9-6-10-16(4)11-12-20-17(19)13-18;/h7,9,11H,5-6,8,10,12-13,18H2,1-4H3;1H/b15-9+,16-11+;. The first-order valence-electron chi connectivity index (χ1n) is 7.26. The van der Waals surface area contributed by atoms with Crippen LogP contribution in [0.3, 0.4) is 0 Å². The Kier molecular flexibility index (Phi) is 14.7. The van der Waals surface area contributed by atoms with Crippen molar-refractivity contribution in [3.05, 3.63) is 34.9 Å². The first-order chi connectivity index (χ1) is 9.45. The van der Waals surface area contributed by atoms with E-state index in [0.29, 0.717) is 6.61 Å². The van der Waals surface area contributed by atoms with Gasteiger partial charge in [0.15, 0.2) is 0 Å². The molecule has 0 saturated heterocycles. The average molecular weight is 316 g/mol.